The summed E-state index contributed by atoms with van der Waals surface area (Å²) in [5.74, 6) is 0.766. The number of hydrogen-bond acceptors (Lipinski definition) is 6. The highest BCUT2D eigenvalue weighted by molar-refractivity contribution is 7.47. The van der Waals surface area contributed by atoms with Gasteiger partial charge in [0.2, 0.25) is 5.90 Å². The van der Waals surface area contributed by atoms with E-state index in [1.807, 2.05) is 18.2 Å². The van der Waals surface area contributed by atoms with Gasteiger partial charge in [-0.1, -0.05) is 30.3 Å². The first kappa shape index (κ1) is 17.4. The van der Waals surface area contributed by atoms with E-state index < -0.39 is 7.82 Å². The van der Waals surface area contributed by atoms with Crippen molar-refractivity contribution >= 4 is 13.7 Å². The number of benzene rings is 1. The van der Waals surface area contributed by atoms with E-state index in [1.54, 1.807) is 19.1 Å². The molecule has 132 valence electrons. The summed E-state index contributed by atoms with van der Waals surface area (Å²) in [5, 5.41) is 3.62. The number of nitrogens with zero attached hydrogens (tertiary/aromatic N) is 2. The van der Waals surface area contributed by atoms with Gasteiger partial charge in [-0.15, -0.1) is 0 Å². The smallest absolute Gasteiger partial charge is 0.474 e. The summed E-state index contributed by atoms with van der Waals surface area (Å²) in [6, 6.07) is 9.10. The Morgan fingerprint density at radius 1 is 1.33 bits per heavy atom. The Morgan fingerprint density at radius 2 is 2.04 bits per heavy atom. The average molecular weight is 354 g/mol. The molecule has 3 saturated heterocycles. The van der Waals surface area contributed by atoms with Crippen LogP contribution in [-0.2, 0) is 25.1 Å². The van der Waals surface area contributed by atoms with Crippen molar-refractivity contribution in [3.05, 3.63) is 35.9 Å². The second kappa shape index (κ2) is 7.66. The first-order valence-corrected chi connectivity index (χ1v) is 9.65. The Balaban J connectivity index is 1.47. The molecule has 2 bridgehead atoms. The summed E-state index contributed by atoms with van der Waals surface area (Å²) in [4.78, 5) is 12.0. The summed E-state index contributed by atoms with van der Waals surface area (Å²) in [6.45, 7) is 4.71. The van der Waals surface area contributed by atoms with Crippen LogP contribution in [0, 0.1) is 5.92 Å². The van der Waals surface area contributed by atoms with Gasteiger partial charge in [-0.3, -0.25) is 18.9 Å². The quantitative estimate of drug-likeness (QED) is 0.366. The van der Waals surface area contributed by atoms with E-state index in [4.69, 9.17) is 9.26 Å². The zero-order valence-corrected chi connectivity index (χ0v) is 14.6. The van der Waals surface area contributed by atoms with E-state index in [1.165, 1.54) is 0 Å². The molecule has 0 amide bonds. The number of phosphoric acid groups is 1. The molecule has 8 heteroatoms. The Bertz CT molecular complexity index is 616. The normalized spacial score (nSPS) is 29.1. The molecule has 0 aromatic heterocycles. The fourth-order valence-corrected chi connectivity index (χ4v) is 3.73. The first-order chi connectivity index (χ1) is 11.5. The maximum Gasteiger partial charge on any atom is 0.548 e. The Hall–Kier alpha value is -1.40. The third-order valence-corrected chi connectivity index (χ3v) is 5.17. The number of phosphoric ester groups is 1. The van der Waals surface area contributed by atoms with Gasteiger partial charge in [-0.2, -0.15) is 0 Å². The van der Waals surface area contributed by atoms with Crippen molar-refractivity contribution < 1.29 is 23.3 Å². The van der Waals surface area contributed by atoms with Gasteiger partial charge >= 0.3 is 7.82 Å². The van der Waals surface area contributed by atoms with E-state index in [0.717, 1.165) is 38.0 Å². The lowest BCUT2D eigenvalue weighted by atomic mass is 9.86. The standard InChI is InChI=1S/C16H23N2O5P/c1-13(22-16-11-18-9-7-15(16)8-10-18)17-23-24(19,20)21-12-14-5-3-2-4-6-14/h2-6,15-16H,7-12H2,1H3,(H,19,20)/b17-13+. The van der Waals surface area contributed by atoms with Crippen LogP contribution >= 0.6 is 7.82 Å². The minimum atomic E-state index is -4.26. The molecule has 3 heterocycles. The monoisotopic (exact) mass is 354 g/mol. The summed E-state index contributed by atoms with van der Waals surface area (Å²) in [7, 11) is -4.26. The highest BCUT2D eigenvalue weighted by Crippen LogP contribution is 2.44. The largest absolute Gasteiger partial charge is 0.548 e. The molecule has 3 aliphatic heterocycles. The maximum atomic E-state index is 11.9. The highest BCUT2D eigenvalue weighted by atomic mass is 31.2. The molecule has 3 fully saturated rings. The molecule has 1 aromatic carbocycles. The van der Waals surface area contributed by atoms with E-state index in [2.05, 4.69) is 14.7 Å². The second-order valence-electron chi connectivity index (χ2n) is 6.21. The summed E-state index contributed by atoms with van der Waals surface area (Å²) < 4.78 is 27.2. The molecule has 0 radical (unpaired) electrons. The molecule has 2 unspecified atom stereocenters. The van der Waals surface area contributed by atoms with Crippen LogP contribution < -0.4 is 0 Å². The van der Waals surface area contributed by atoms with E-state index in [9.17, 15) is 9.46 Å². The van der Waals surface area contributed by atoms with Crippen molar-refractivity contribution in [3.8, 4) is 0 Å². The SMILES string of the molecule is C/C(=N\OP(=O)(O)OCc1ccccc1)OC1CN2CCC1CC2. The fourth-order valence-electron chi connectivity index (χ4n) is 3.15. The second-order valence-corrected chi connectivity index (χ2v) is 7.57. The third kappa shape index (κ3) is 4.80. The number of oxime groups is 1. The molecular weight excluding hydrogens is 331 g/mol. The number of hydrogen-bond donors (Lipinski definition) is 1. The van der Waals surface area contributed by atoms with E-state index >= 15 is 0 Å². The summed E-state index contributed by atoms with van der Waals surface area (Å²) in [6.07, 6.45) is 2.32. The zero-order chi connectivity index (χ0) is 17.0. The topological polar surface area (TPSA) is 80.6 Å². The maximum absolute atomic E-state index is 11.9. The van der Waals surface area contributed by atoms with Gasteiger partial charge in [0.1, 0.15) is 6.10 Å². The Morgan fingerprint density at radius 3 is 2.67 bits per heavy atom. The molecule has 1 N–H and O–H groups in total. The molecule has 0 aliphatic carbocycles. The van der Waals surface area contributed by atoms with Gasteiger partial charge < -0.3 is 4.74 Å². The van der Waals surface area contributed by atoms with Crippen LogP contribution in [0.1, 0.15) is 25.3 Å². The number of piperidine rings is 3. The minimum absolute atomic E-state index is 0.0241. The first-order valence-electron chi connectivity index (χ1n) is 8.15. The predicted octanol–water partition coefficient (Wildman–Crippen LogP) is 2.76. The molecule has 0 spiro atoms. The van der Waals surface area contributed by atoms with Crippen molar-refractivity contribution in [2.45, 2.75) is 32.5 Å². The molecular formula is C16H23N2O5P. The number of ether oxygens (including phenoxy) is 1. The van der Waals surface area contributed by atoms with E-state index in [-0.39, 0.29) is 18.6 Å². The van der Waals surface area contributed by atoms with Crippen LogP contribution in [0.2, 0.25) is 0 Å². The van der Waals surface area contributed by atoms with Crippen LogP contribution in [0.5, 0.6) is 0 Å². The minimum Gasteiger partial charge on any atom is -0.474 e. The molecule has 2 atom stereocenters. The highest BCUT2D eigenvalue weighted by Gasteiger charge is 2.35. The van der Waals surface area contributed by atoms with Crippen molar-refractivity contribution in [1.82, 2.24) is 4.90 Å². The van der Waals surface area contributed by atoms with Crippen LogP contribution in [0.4, 0.5) is 0 Å². The lowest BCUT2D eigenvalue weighted by Crippen LogP contribution is -2.51. The van der Waals surface area contributed by atoms with Gasteiger partial charge in [0.25, 0.3) is 0 Å². The van der Waals surface area contributed by atoms with Gasteiger partial charge in [-0.25, -0.2) is 4.57 Å². The lowest BCUT2D eigenvalue weighted by Gasteiger charge is -2.44. The lowest BCUT2D eigenvalue weighted by molar-refractivity contribution is -0.0170. The number of fused-ring (bicyclic) bond motifs is 3. The van der Waals surface area contributed by atoms with Crippen LogP contribution in [0.15, 0.2) is 35.5 Å². The summed E-state index contributed by atoms with van der Waals surface area (Å²) >= 11 is 0. The Labute approximate surface area is 141 Å². The molecule has 1 aromatic rings. The predicted molar refractivity (Wildman–Crippen MR) is 89.3 cm³/mol. The number of rotatable bonds is 6. The van der Waals surface area contributed by atoms with Gasteiger partial charge in [0, 0.05) is 13.5 Å². The van der Waals surface area contributed by atoms with Crippen LogP contribution in [-0.4, -0.2) is 41.4 Å². The molecule has 7 nitrogen and oxygen atoms in total. The Kier molecular flexibility index (Phi) is 5.56. The van der Waals surface area contributed by atoms with Crippen molar-refractivity contribution in [1.29, 1.82) is 0 Å². The fraction of sp³-hybridized carbons (Fsp3) is 0.562. The average Bonchev–Trinajstić information content (AvgIpc) is 2.61. The van der Waals surface area contributed by atoms with Crippen molar-refractivity contribution in [2.24, 2.45) is 11.1 Å². The van der Waals surface area contributed by atoms with Crippen molar-refractivity contribution in [2.75, 3.05) is 19.6 Å². The van der Waals surface area contributed by atoms with Crippen LogP contribution in [0.3, 0.4) is 0 Å². The molecule has 4 rings (SSSR count). The third-order valence-electron chi connectivity index (χ3n) is 4.43. The van der Waals surface area contributed by atoms with Crippen molar-refractivity contribution in [3.63, 3.8) is 0 Å². The van der Waals surface area contributed by atoms with Crippen LogP contribution in [0.25, 0.3) is 0 Å². The van der Waals surface area contributed by atoms with Gasteiger partial charge in [-0.05, 0) is 42.6 Å². The van der Waals surface area contributed by atoms with Gasteiger partial charge in [0.05, 0.1) is 6.61 Å². The zero-order valence-electron chi connectivity index (χ0n) is 13.7. The summed E-state index contributed by atoms with van der Waals surface area (Å²) in [5.41, 5.74) is 0.777. The molecule has 3 aliphatic rings. The molecule has 24 heavy (non-hydrogen) atoms. The van der Waals surface area contributed by atoms with E-state index in [0.29, 0.717) is 5.92 Å². The molecule has 0 saturated carbocycles. The van der Waals surface area contributed by atoms with Gasteiger partial charge in [0.15, 0.2) is 0 Å².